The van der Waals surface area contributed by atoms with Gasteiger partial charge in [-0.2, -0.15) is 0 Å². The predicted octanol–water partition coefficient (Wildman–Crippen LogP) is 5.50. The van der Waals surface area contributed by atoms with Gasteiger partial charge in [0.25, 0.3) is 11.8 Å². The van der Waals surface area contributed by atoms with Crippen LogP contribution in [0.4, 0.5) is 0 Å². The Kier molecular flexibility index (Phi) is 8.87. The van der Waals surface area contributed by atoms with E-state index < -0.39 is 0 Å². The summed E-state index contributed by atoms with van der Waals surface area (Å²) >= 11 is 1.49. The Labute approximate surface area is 204 Å². The van der Waals surface area contributed by atoms with Crippen molar-refractivity contribution in [3.05, 3.63) is 87.2 Å². The average Bonchev–Trinajstić information content (AvgIpc) is 3.33. The Morgan fingerprint density at radius 2 is 1.74 bits per heavy atom. The Bertz CT molecular complexity index is 1160. The topological polar surface area (TPSA) is 76.7 Å². The zero-order valence-corrected chi connectivity index (χ0v) is 20.7. The van der Waals surface area contributed by atoms with Gasteiger partial charge in [0, 0.05) is 10.4 Å². The van der Waals surface area contributed by atoms with Gasteiger partial charge in [0.15, 0.2) is 11.5 Å². The van der Waals surface area contributed by atoms with Crippen molar-refractivity contribution in [2.24, 2.45) is 0 Å². The smallest absolute Gasteiger partial charge is 0.268 e. The number of carbonyl (C=O) groups is 2. The molecule has 1 atom stereocenters. The molecule has 0 fully saturated rings. The molecule has 1 aromatic heterocycles. The van der Waals surface area contributed by atoms with Gasteiger partial charge in [-0.15, -0.1) is 11.3 Å². The second-order valence-electron chi connectivity index (χ2n) is 7.61. The lowest BCUT2D eigenvalue weighted by Gasteiger charge is -2.19. The van der Waals surface area contributed by atoms with E-state index >= 15 is 0 Å². The standard InChI is InChI=1S/C27H30N2O4S/c1-5-32-24-14-13-20(16-25(24)33-6-2)19(4)28-27(31)23(17-21-11-9-15-34-21)29-26(30)22-12-8-7-10-18(22)3/h7-17,19H,5-6H2,1-4H3,(H,28,31)(H,29,30)/b23-17-/t19-/m0/s1. The maximum Gasteiger partial charge on any atom is 0.268 e. The molecular weight excluding hydrogens is 448 g/mol. The number of aryl methyl sites for hydroxylation is 1. The van der Waals surface area contributed by atoms with E-state index in [4.69, 9.17) is 9.47 Å². The van der Waals surface area contributed by atoms with Crippen molar-refractivity contribution in [1.82, 2.24) is 10.6 Å². The largest absolute Gasteiger partial charge is 0.490 e. The van der Waals surface area contributed by atoms with Gasteiger partial charge in [0.1, 0.15) is 5.70 Å². The van der Waals surface area contributed by atoms with Crippen molar-refractivity contribution in [2.75, 3.05) is 13.2 Å². The summed E-state index contributed by atoms with van der Waals surface area (Å²) in [7, 11) is 0. The van der Waals surface area contributed by atoms with Gasteiger partial charge in [0.05, 0.1) is 19.3 Å². The summed E-state index contributed by atoms with van der Waals surface area (Å²) in [6.45, 7) is 8.61. The first-order valence-electron chi connectivity index (χ1n) is 11.3. The summed E-state index contributed by atoms with van der Waals surface area (Å²) in [6.07, 6.45) is 1.69. The molecule has 0 aliphatic rings. The van der Waals surface area contributed by atoms with Crippen molar-refractivity contribution in [1.29, 1.82) is 0 Å². The number of rotatable bonds is 10. The van der Waals surface area contributed by atoms with E-state index in [0.29, 0.717) is 30.3 Å². The molecule has 0 saturated carbocycles. The number of hydrogen-bond acceptors (Lipinski definition) is 5. The molecule has 0 saturated heterocycles. The number of thiophene rings is 1. The number of hydrogen-bond donors (Lipinski definition) is 2. The van der Waals surface area contributed by atoms with Crippen molar-refractivity contribution in [3.63, 3.8) is 0 Å². The molecule has 3 rings (SSSR count). The van der Waals surface area contributed by atoms with Crippen LogP contribution in [0.15, 0.2) is 65.7 Å². The Morgan fingerprint density at radius 1 is 1.00 bits per heavy atom. The highest BCUT2D eigenvalue weighted by Crippen LogP contribution is 2.31. The molecule has 0 unspecified atom stereocenters. The van der Waals surface area contributed by atoms with E-state index in [2.05, 4.69) is 10.6 Å². The van der Waals surface area contributed by atoms with Gasteiger partial charge in [-0.1, -0.05) is 30.3 Å². The molecule has 2 aromatic carbocycles. The van der Waals surface area contributed by atoms with Crippen LogP contribution in [0, 0.1) is 6.92 Å². The minimum absolute atomic E-state index is 0.179. The highest BCUT2D eigenvalue weighted by molar-refractivity contribution is 7.10. The lowest BCUT2D eigenvalue weighted by Crippen LogP contribution is -2.36. The molecule has 0 radical (unpaired) electrons. The quantitative estimate of drug-likeness (QED) is 0.377. The maximum absolute atomic E-state index is 13.2. The fourth-order valence-corrected chi connectivity index (χ4v) is 4.04. The van der Waals surface area contributed by atoms with Crippen LogP contribution in [0.5, 0.6) is 11.5 Å². The number of amides is 2. The van der Waals surface area contributed by atoms with Gasteiger partial charge in [-0.05, 0) is 74.5 Å². The lowest BCUT2D eigenvalue weighted by atomic mass is 10.1. The molecule has 178 valence electrons. The van der Waals surface area contributed by atoms with Crippen LogP contribution in [0.25, 0.3) is 6.08 Å². The average molecular weight is 479 g/mol. The van der Waals surface area contributed by atoms with E-state index in [9.17, 15) is 9.59 Å². The molecule has 3 aromatic rings. The predicted molar refractivity (Wildman–Crippen MR) is 136 cm³/mol. The molecule has 2 N–H and O–H groups in total. The highest BCUT2D eigenvalue weighted by Gasteiger charge is 2.19. The van der Waals surface area contributed by atoms with E-state index in [-0.39, 0.29) is 23.6 Å². The van der Waals surface area contributed by atoms with Crippen molar-refractivity contribution < 1.29 is 19.1 Å². The van der Waals surface area contributed by atoms with Crippen LogP contribution in [-0.4, -0.2) is 25.0 Å². The summed E-state index contributed by atoms with van der Waals surface area (Å²) in [5.41, 5.74) is 2.40. The van der Waals surface area contributed by atoms with Crippen molar-refractivity contribution in [2.45, 2.75) is 33.7 Å². The molecule has 34 heavy (non-hydrogen) atoms. The van der Waals surface area contributed by atoms with Crippen LogP contribution < -0.4 is 20.1 Å². The van der Waals surface area contributed by atoms with Crippen molar-refractivity contribution in [3.8, 4) is 11.5 Å². The third kappa shape index (κ3) is 6.48. The first-order valence-corrected chi connectivity index (χ1v) is 12.1. The first kappa shape index (κ1) is 25.1. The van der Waals surface area contributed by atoms with Gasteiger partial charge in [-0.3, -0.25) is 9.59 Å². The Balaban J connectivity index is 1.82. The fourth-order valence-electron chi connectivity index (χ4n) is 3.39. The minimum Gasteiger partial charge on any atom is -0.490 e. The normalized spacial score (nSPS) is 12.1. The lowest BCUT2D eigenvalue weighted by molar-refractivity contribution is -0.118. The third-order valence-corrected chi connectivity index (χ3v) is 5.95. The highest BCUT2D eigenvalue weighted by atomic mass is 32.1. The number of nitrogens with one attached hydrogen (secondary N) is 2. The van der Waals surface area contributed by atoms with Gasteiger partial charge in [-0.25, -0.2) is 0 Å². The van der Waals surface area contributed by atoms with Crippen LogP contribution in [0.2, 0.25) is 0 Å². The zero-order valence-electron chi connectivity index (χ0n) is 19.9. The summed E-state index contributed by atoms with van der Waals surface area (Å²) in [6, 6.07) is 16.3. The molecule has 7 heteroatoms. The molecule has 0 aliphatic carbocycles. The third-order valence-electron chi connectivity index (χ3n) is 5.13. The Hall–Kier alpha value is -3.58. The monoisotopic (exact) mass is 478 g/mol. The molecule has 0 spiro atoms. The molecule has 2 amide bonds. The van der Waals surface area contributed by atoms with Gasteiger partial charge < -0.3 is 20.1 Å². The zero-order chi connectivity index (χ0) is 24.5. The van der Waals surface area contributed by atoms with Crippen LogP contribution in [-0.2, 0) is 4.79 Å². The van der Waals surface area contributed by atoms with Gasteiger partial charge in [0.2, 0.25) is 0 Å². The van der Waals surface area contributed by atoms with Crippen LogP contribution >= 0.6 is 11.3 Å². The minimum atomic E-state index is -0.380. The number of benzene rings is 2. The Morgan fingerprint density at radius 3 is 2.41 bits per heavy atom. The van der Waals surface area contributed by atoms with Crippen LogP contribution in [0.1, 0.15) is 53.2 Å². The maximum atomic E-state index is 13.2. The van der Waals surface area contributed by atoms with E-state index in [1.54, 1.807) is 18.2 Å². The summed E-state index contributed by atoms with van der Waals surface area (Å²) in [4.78, 5) is 27.0. The fraction of sp³-hybridized carbons (Fsp3) is 0.259. The summed E-state index contributed by atoms with van der Waals surface area (Å²) < 4.78 is 11.3. The molecule has 6 nitrogen and oxygen atoms in total. The second-order valence-corrected chi connectivity index (χ2v) is 8.59. The number of ether oxygens (including phenoxy) is 2. The SMILES string of the molecule is CCOc1ccc([C@H](C)NC(=O)/C(=C/c2cccs2)NC(=O)c2ccccc2C)cc1OCC. The van der Waals surface area contributed by atoms with E-state index in [1.165, 1.54) is 11.3 Å². The van der Waals surface area contributed by atoms with Gasteiger partial charge >= 0.3 is 0 Å². The molecule has 0 bridgehead atoms. The van der Waals surface area contributed by atoms with Crippen molar-refractivity contribution >= 4 is 29.2 Å². The van der Waals surface area contributed by atoms with E-state index in [1.807, 2.05) is 75.5 Å². The summed E-state index contributed by atoms with van der Waals surface area (Å²) in [5.74, 6) is 0.582. The summed E-state index contributed by atoms with van der Waals surface area (Å²) in [5, 5.41) is 7.70. The van der Waals surface area contributed by atoms with E-state index in [0.717, 1.165) is 16.0 Å². The van der Waals surface area contributed by atoms with Crippen LogP contribution in [0.3, 0.4) is 0 Å². The first-order chi connectivity index (χ1) is 16.4. The second kappa shape index (κ2) is 12.0. The molecule has 0 aliphatic heterocycles. The number of carbonyl (C=O) groups excluding carboxylic acids is 2. The molecule has 1 heterocycles. The molecular formula is C27H30N2O4S.